The molecule has 0 fully saturated rings. The molecule has 1 heterocycles. The normalized spacial score (nSPS) is 20.4. The molecule has 1 aliphatic rings. The van der Waals surface area contributed by atoms with Crippen LogP contribution < -0.4 is 11.1 Å². The van der Waals surface area contributed by atoms with Gasteiger partial charge in [-0.3, -0.25) is 4.79 Å². The van der Waals surface area contributed by atoms with Crippen LogP contribution >= 0.6 is 0 Å². The highest BCUT2D eigenvalue weighted by molar-refractivity contribution is 6.05. The van der Waals surface area contributed by atoms with Crippen LogP contribution in [0, 0.1) is 0 Å². The Labute approximate surface area is 70.6 Å². The van der Waals surface area contributed by atoms with E-state index >= 15 is 0 Å². The molecule has 2 rings (SSSR count). The third kappa shape index (κ3) is 0.794. The maximum Gasteiger partial charge on any atom is 0.231 e. The summed E-state index contributed by atoms with van der Waals surface area (Å²) < 4.78 is 0. The Balaban J connectivity index is 2.60. The number of rotatable bonds is 0. The minimum absolute atomic E-state index is 0.0305. The summed E-state index contributed by atoms with van der Waals surface area (Å²) >= 11 is 0. The van der Waals surface area contributed by atoms with Crippen molar-refractivity contribution in [2.45, 2.75) is 12.8 Å². The van der Waals surface area contributed by atoms with E-state index < -0.39 is 0 Å². The number of para-hydroxylation sites is 1. The Morgan fingerprint density at radius 1 is 1.50 bits per heavy atom. The van der Waals surface area contributed by atoms with Crippen molar-refractivity contribution < 1.29 is 4.79 Å². The van der Waals surface area contributed by atoms with Crippen molar-refractivity contribution in [3.8, 4) is 0 Å². The molecule has 1 aromatic carbocycles. The van der Waals surface area contributed by atoms with E-state index in [0.717, 1.165) is 11.3 Å². The number of anilines is 2. The quantitative estimate of drug-likeness (QED) is 0.565. The summed E-state index contributed by atoms with van der Waals surface area (Å²) in [5.41, 5.74) is 8.11. The van der Waals surface area contributed by atoms with Crippen molar-refractivity contribution in [1.82, 2.24) is 0 Å². The Hall–Kier alpha value is -1.51. The zero-order valence-electron chi connectivity index (χ0n) is 6.79. The molecule has 1 unspecified atom stereocenters. The van der Waals surface area contributed by atoms with Gasteiger partial charge in [-0.25, -0.2) is 0 Å². The molecule has 12 heavy (non-hydrogen) atoms. The Morgan fingerprint density at radius 3 is 2.92 bits per heavy atom. The summed E-state index contributed by atoms with van der Waals surface area (Å²) in [5.74, 6) is -0.0357. The molecule has 0 aromatic heterocycles. The molecule has 0 spiro atoms. The lowest BCUT2D eigenvalue weighted by molar-refractivity contribution is -0.116. The molecule has 0 bridgehead atoms. The van der Waals surface area contributed by atoms with Gasteiger partial charge in [-0.1, -0.05) is 12.1 Å². The second-order valence-electron chi connectivity index (χ2n) is 3.02. The Bertz CT molecular complexity index is 346. The molecular weight excluding hydrogens is 152 g/mol. The maximum atomic E-state index is 11.2. The number of fused-ring (bicyclic) bond motifs is 1. The number of nitrogens with two attached hydrogens (primary N) is 1. The number of carbonyl (C=O) groups excluding carboxylic acids is 1. The first-order valence-electron chi connectivity index (χ1n) is 3.89. The number of nitrogen functional groups attached to an aromatic ring is 1. The number of nitrogens with one attached hydrogen (secondary N) is 1. The number of hydrogen-bond acceptors (Lipinski definition) is 2. The van der Waals surface area contributed by atoms with Gasteiger partial charge in [0, 0.05) is 0 Å². The van der Waals surface area contributed by atoms with Crippen LogP contribution in [-0.2, 0) is 4.79 Å². The zero-order chi connectivity index (χ0) is 8.72. The molecule has 0 saturated heterocycles. The smallest absolute Gasteiger partial charge is 0.231 e. The monoisotopic (exact) mass is 162 g/mol. The number of amides is 1. The van der Waals surface area contributed by atoms with E-state index in [9.17, 15) is 4.79 Å². The molecule has 3 heteroatoms. The standard InChI is InChI=1S/C9H10N2O/c1-5-6-3-2-4-7(10)8(6)11-9(5)12/h2-5H,10H2,1H3,(H,11,12). The van der Waals surface area contributed by atoms with Gasteiger partial charge in [0.2, 0.25) is 5.91 Å². The fourth-order valence-corrected chi connectivity index (χ4v) is 1.47. The molecular formula is C9H10N2O. The fourth-order valence-electron chi connectivity index (χ4n) is 1.47. The van der Waals surface area contributed by atoms with Crippen molar-refractivity contribution >= 4 is 17.3 Å². The average Bonchev–Trinajstić information content (AvgIpc) is 2.32. The molecule has 3 nitrogen and oxygen atoms in total. The van der Waals surface area contributed by atoms with E-state index in [4.69, 9.17) is 5.73 Å². The predicted octanol–water partition coefficient (Wildman–Crippen LogP) is 1.32. The third-order valence-corrected chi connectivity index (χ3v) is 2.24. The highest BCUT2D eigenvalue weighted by atomic mass is 16.2. The highest BCUT2D eigenvalue weighted by Gasteiger charge is 2.27. The summed E-state index contributed by atoms with van der Waals surface area (Å²) in [6.07, 6.45) is 0. The second-order valence-corrected chi connectivity index (χ2v) is 3.02. The maximum absolute atomic E-state index is 11.2. The number of hydrogen-bond donors (Lipinski definition) is 2. The molecule has 0 saturated carbocycles. The first kappa shape index (κ1) is 7.16. The molecule has 1 aromatic rings. The largest absolute Gasteiger partial charge is 0.397 e. The summed E-state index contributed by atoms with van der Waals surface area (Å²) in [4.78, 5) is 11.2. The predicted molar refractivity (Wildman–Crippen MR) is 47.9 cm³/mol. The van der Waals surface area contributed by atoms with E-state index in [2.05, 4.69) is 5.32 Å². The molecule has 0 aliphatic carbocycles. The lowest BCUT2D eigenvalue weighted by atomic mass is 10.0. The van der Waals surface area contributed by atoms with Crippen LogP contribution in [0.1, 0.15) is 18.4 Å². The van der Waals surface area contributed by atoms with Crippen LogP contribution in [-0.4, -0.2) is 5.91 Å². The van der Waals surface area contributed by atoms with Gasteiger partial charge >= 0.3 is 0 Å². The van der Waals surface area contributed by atoms with Crippen molar-refractivity contribution in [2.24, 2.45) is 0 Å². The summed E-state index contributed by atoms with van der Waals surface area (Å²) in [5, 5.41) is 2.75. The minimum atomic E-state index is -0.0662. The van der Waals surface area contributed by atoms with E-state index in [1.807, 2.05) is 19.1 Å². The third-order valence-electron chi connectivity index (χ3n) is 2.24. The van der Waals surface area contributed by atoms with E-state index in [-0.39, 0.29) is 11.8 Å². The van der Waals surface area contributed by atoms with E-state index in [0.29, 0.717) is 5.69 Å². The first-order chi connectivity index (χ1) is 5.70. The van der Waals surface area contributed by atoms with Crippen LogP contribution in [0.4, 0.5) is 11.4 Å². The number of carbonyl (C=O) groups is 1. The Morgan fingerprint density at radius 2 is 2.25 bits per heavy atom. The van der Waals surface area contributed by atoms with Crippen molar-refractivity contribution in [2.75, 3.05) is 11.1 Å². The molecule has 1 atom stereocenters. The molecule has 0 radical (unpaired) electrons. The van der Waals surface area contributed by atoms with E-state index in [1.54, 1.807) is 6.07 Å². The van der Waals surface area contributed by atoms with Gasteiger partial charge in [0.1, 0.15) is 0 Å². The molecule has 62 valence electrons. The van der Waals surface area contributed by atoms with Gasteiger partial charge in [-0.2, -0.15) is 0 Å². The van der Waals surface area contributed by atoms with Crippen molar-refractivity contribution in [1.29, 1.82) is 0 Å². The topological polar surface area (TPSA) is 55.1 Å². The summed E-state index contributed by atoms with van der Waals surface area (Å²) in [6, 6.07) is 5.58. The van der Waals surface area contributed by atoms with Gasteiger partial charge in [0.25, 0.3) is 0 Å². The number of benzene rings is 1. The highest BCUT2D eigenvalue weighted by Crippen LogP contribution is 2.35. The second kappa shape index (κ2) is 2.24. The van der Waals surface area contributed by atoms with Crippen molar-refractivity contribution in [3.05, 3.63) is 23.8 Å². The summed E-state index contributed by atoms with van der Waals surface area (Å²) in [7, 11) is 0. The van der Waals surface area contributed by atoms with Gasteiger partial charge in [-0.05, 0) is 18.6 Å². The first-order valence-corrected chi connectivity index (χ1v) is 3.89. The zero-order valence-corrected chi connectivity index (χ0v) is 6.79. The summed E-state index contributed by atoms with van der Waals surface area (Å²) in [6.45, 7) is 1.88. The van der Waals surface area contributed by atoms with Crippen LogP contribution in [0.15, 0.2) is 18.2 Å². The van der Waals surface area contributed by atoms with Gasteiger partial charge in [-0.15, -0.1) is 0 Å². The Kier molecular flexibility index (Phi) is 1.33. The van der Waals surface area contributed by atoms with Gasteiger partial charge < -0.3 is 11.1 Å². The van der Waals surface area contributed by atoms with Crippen molar-refractivity contribution in [3.63, 3.8) is 0 Å². The minimum Gasteiger partial charge on any atom is -0.397 e. The lowest BCUT2D eigenvalue weighted by Gasteiger charge is -2.02. The lowest BCUT2D eigenvalue weighted by Crippen LogP contribution is -2.08. The van der Waals surface area contributed by atoms with E-state index in [1.165, 1.54) is 0 Å². The molecule has 1 aliphatic heterocycles. The van der Waals surface area contributed by atoms with Crippen LogP contribution in [0.5, 0.6) is 0 Å². The SMILES string of the molecule is CC1C(=O)Nc2c(N)cccc21. The van der Waals surface area contributed by atoms with Gasteiger partial charge in [0.15, 0.2) is 0 Å². The van der Waals surface area contributed by atoms with Crippen LogP contribution in [0.3, 0.4) is 0 Å². The van der Waals surface area contributed by atoms with Crippen LogP contribution in [0.25, 0.3) is 0 Å². The fraction of sp³-hybridized carbons (Fsp3) is 0.222. The molecule has 3 N–H and O–H groups in total. The molecule has 1 amide bonds. The van der Waals surface area contributed by atoms with Gasteiger partial charge in [0.05, 0.1) is 17.3 Å². The average molecular weight is 162 g/mol. The van der Waals surface area contributed by atoms with Crippen LogP contribution in [0.2, 0.25) is 0 Å².